The maximum Gasteiger partial charge on any atom is 0.305 e. The van der Waals surface area contributed by atoms with Crippen molar-refractivity contribution in [3.05, 3.63) is 0 Å². The molecule has 0 aromatic carbocycles. The van der Waals surface area contributed by atoms with Gasteiger partial charge in [-0.3, -0.25) is 14.4 Å². The molecule has 2 unspecified atom stereocenters. The monoisotopic (exact) mass is 299 g/mol. The van der Waals surface area contributed by atoms with Crippen molar-refractivity contribution in [1.29, 1.82) is 0 Å². The Morgan fingerprint density at radius 3 is 2.52 bits per heavy atom. The summed E-state index contributed by atoms with van der Waals surface area (Å²) in [6.07, 6.45) is 0.905. The number of ether oxygens (including phenoxy) is 1. The number of hydrogen-bond donors (Lipinski definition) is 2. The zero-order valence-corrected chi connectivity index (χ0v) is 11.9. The molecule has 2 fully saturated rings. The second-order valence-corrected chi connectivity index (χ2v) is 5.33. The van der Waals surface area contributed by atoms with Gasteiger partial charge in [-0.2, -0.15) is 0 Å². The lowest BCUT2D eigenvalue weighted by molar-refractivity contribution is -0.148. The Balaban J connectivity index is 2.00. The fraction of sp³-hybridized carbons (Fsp3) is 0.769. The van der Waals surface area contributed by atoms with Crippen LogP contribution in [0, 0.1) is 0 Å². The van der Waals surface area contributed by atoms with E-state index in [0.29, 0.717) is 39.3 Å². The summed E-state index contributed by atoms with van der Waals surface area (Å²) in [6, 6.07) is -1.61. The SMILES string of the molecule is NC(CC(=O)O)C(=O)N1CCCC1C(=O)N1CCOCC1. The van der Waals surface area contributed by atoms with Gasteiger partial charge < -0.3 is 25.4 Å². The van der Waals surface area contributed by atoms with Gasteiger partial charge in [0.2, 0.25) is 11.8 Å². The molecule has 0 aliphatic carbocycles. The lowest BCUT2D eigenvalue weighted by Crippen LogP contribution is -2.54. The Bertz CT molecular complexity index is 422. The standard InChI is InChI=1S/C13H21N3O5/c14-9(8-11(17)18)12(19)16-3-1-2-10(16)13(20)15-4-6-21-7-5-15/h9-10H,1-8,14H2,(H,17,18). The second kappa shape index (κ2) is 6.86. The minimum Gasteiger partial charge on any atom is -0.481 e. The molecule has 0 saturated carbocycles. The zero-order valence-electron chi connectivity index (χ0n) is 11.9. The predicted octanol–water partition coefficient (Wildman–Crippen LogP) is -1.36. The Kier molecular flexibility index (Phi) is 5.13. The average molecular weight is 299 g/mol. The van der Waals surface area contributed by atoms with E-state index in [1.165, 1.54) is 4.90 Å². The van der Waals surface area contributed by atoms with E-state index in [9.17, 15) is 14.4 Å². The molecule has 2 aliphatic rings. The van der Waals surface area contributed by atoms with Crippen LogP contribution in [0.2, 0.25) is 0 Å². The van der Waals surface area contributed by atoms with E-state index >= 15 is 0 Å². The molecule has 2 amide bonds. The predicted molar refractivity (Wildman–Crippen MR) is 72.4 cm³/mol. The van der Waals surface area contributed by atoms with Crippen molar-refractivity contribution in [3.63, 3.8) is 0 Å². The topological polar surface area (TPSA) is 113 Å². The molecule has 0 radical (unpaired) electrons. The summed E-state index contributed by atoms with van der Waals surface area (Å²) >= 11 is 0. The fourth-order valence-electron chi connectivity index (χ4n) is 2.77. The number of nitrogens with two attached hydrogens (primary N) is 1. The van der Waals surface area contributed by atoms with Crippen LogP contribution in [0.3, 0.4) is 0 Å². The molecule has 2 aliphatic heterocycles. The molecule has 0 spiro atoms. The highest BCUT2D eigenvalue weighted by atomic mass is 16.5. The molecule has 2 rings (SSSR count). The molecule has 21 heavy (non-hydrogen) atoms. The molecule has 8 nitrogen and oxygen atoms in total. The van der Waals surface area contributed by atoms with E-state index < -0.39 is 30.4 Å². The molecule has 8 heteroatoms. The molecule has 2 saturated heterocycles. The van der Waals surface area contributed by atoms with Gasteiger partial charge in [-0.25, -0.2) is 0 Å². The second-order valence-electron chi connectivity index (χ2n) is 5.33. The van der Waals surface area contributed by atoms with Crippen molar-refractivity contribution in [2.24, 2.45) is 5.73 Å². The van der Waals surface area contributed by atoms with Gasteiger partial charge in [-0.1, -0.05) is 0 Å². The van der Waals surface area contributed by atoms with Crippen LogP contribution in [0.15, 0.2) is 0 Å². The van der Waals surface area contributed by atoms with Crippen LogP contribution in [-0.4, -0.2) is 77.6 Å². The van der Waals surface area contributed by atoms with Gasteiger partial charge in [0.25, 0.3) is 0 Å². The number of nitrogens with zero attached hydrogens (tertiary/aromatic N) is 2. The largest absolute Gasteiger partial charge is 0.481 e. The molecule has 3 N–H and O–H groups in total. The first kappa shape index (κ1) is 15.7. The zero-order chi connectivity index (χ0) is 15.4. The summed E-state index contributed by atoms with van der Waals surface area (Å²) in [5, 5.41) is 8.71. The Morgan fingerprint density at radius 2 is 1.90 bits per heavy atom. The summed E-state index contributed by atoms with van der Waals surface area (Å²) in [5.74, 6) is -1.67. The van der Waals surface area contributed by atoms with E-state index in [1.807, 2.05) is 0 Å². The van der Waals surface area contributed by atoms with Crippen LogP contribution in [0.5, 0.6) is 0 Å². The summed E-state index contributed by atoms with van der Waals surface area (Å²) in [6.45, 7) is 2.51. The van der Waals surface area contributed by atoms with Crippen LogP contribution in [0.25, 0.3) is 0 Å². The highest BCUT2D eigenvalue weighted by Gasteiger charge is 2.38. The van der Waals surface area contributed by atoms with Gasteiger partial charge in [0, 0.05) is 19.6 Å². The van der Waals surface area contributed by atoms with Crippen molar-refractivity contribution in [2.45, 2.75) is 31.3 Å². The summed E-state index contributed by atoms with van der Waals surface area (Å²) in [4.78, 5) is 38.5. The third-order valence-corrected chi connectivity index (χ3v) is 3.86. The number of carboxylic acids is 1. The Morgan fingerprint density at radius 1 is 1.24 bits per heavy atom. The number of carbonyl (C=O) groups excluding carboxylic acids is 2. The molecule has 2 heterocycles. The summed E-state index contributed by atoms with van der Waals surface area (Å²) < 4.78 is 5.21. The molecule has 2 atom stereocenters. The number of rotatable bonds is 4. The number of carbonyl (C=O) groups is 3. The summed E-state index contributed by atoms with van der Waals surface area (Å²) in [5.41, 5.74) is 5.62. The number of likely N-dealkylation sites (tertiary alicyclic amines) is 1. The van der Waals surface area contributed by atoms with E-state index in [-0.39, 0.29) is 5.91 Å². The lowest BCUT2D eigenvalue weighted by Gasteiger charge is -2.33. The number of carboxylic acid groups (broad SMARTS) is 1. The first-order chi connectivity index (χ1) is 10.0. The van der Waals surface area contributed by atoms with E-state index in [2.05, 4.69) is 0 Å². The lowest BCUT2D eigenvalue weighted by atomic mass is 10.1. The van der Waals surface area contributed by atoms with Crippen LogP contribution >= 0.6 is 0 Å². The minimum atomic E-state index is -1.12. The number of morpholine rings is 1. The van der Waals surface area contributed by atoms with Gasteiger partial charge in [-0.05, 0) is 12.8 Å². The van der Waals surface area contributed by atoms with E-state index in [0.717, 1.165) is 6.42 Å². The van der Waals surface area contributed by atoms with Crippen LogP contribution in [0.4, 0.5) is 0 Å². The Hall–Kier alpha value is -1.67. The average Bonchev–Trinajstić information content (AvgIpc) is 2.95. The first-order valence-electron chi connectivity index (χ1n) is 7.15. The number of hydrogen-bond acceptors (Lipinski definition) is 5. The quantitative estimate of drug-likeness (QED) is 0.663. The van der Waals surface area contributed by atoms with Crippen molar-refractivity contribution < 1.29 is 24.2 Å². The van der Waals surface area contributed by atoms with Crippen molar-refractivity contribution >= 4 is 17.8 Å². The van der Waals surface area contributed by atoms with Gasteiger partial charge >= 0.3 is 5.97 Å². The molecule has 118 valence electrons. The van der Waals surface area contributed by atoms with Gasteiger partial charge in [-0.15, -0.1) is 0 Å². The molecular weight excluding hydrogens is 278 g/mol. The maximum absolute atomic E-state index is 12.5. The first-order valence-corrected chi connectivity index (χ1v) is 7.15. The van der Waals surface area contributed by atoms with Crippen molar-refractivity contribution in [3.8, 4) is 0 Å². The van der Waals surface area contributed by atoms with Crippen LogP contribution in [0.1, 0.15) is 19.3 Å². The maximum atomic E-state index is 12.5. The van der Waals surface area contributed by atoms with Crippen LogP contribution < -0.4 is 5.73 Å². The summed E-state index contributed by atoms with van der Waals surface area (Å²) in [7, 11) is 0. The van der Waals surface area contributed by atoms with Crippen molar-refractivity contribution in [1.82, 2.24) is 9.80 Å². The highest BCUT2D eigenvalue weighted by molar-refractivity contribution is 5.92. The highest BCUT2D eigenvalue weighted by Crippen LogP contribution is 2.21. The number of amides is 2. The smallest absolute Gasteiger partial charge is 0.305 e. The molecule has 0 aromatic rings. The molecular formula is C13H21N3O5. The normalized spacial score (nSPS) is 24.0. The van der Waals surface area contributed by atoms with E-state index in [1.54, 1.807) is 4.90 Å². The molecule has 0 aromatic heterocycles. The molecule has 0 bridgehead atoms. The third-order valence-electron chi connectivity index (χ3n) is 3.86. The fourth-order valence-corrected chi connectivity index (χ4v) is 2.77. The van der Waals surface area contributed by atoms with Gasteiger partial charge in [0.1, 0.15) is 6.04 Å². The Labute approximate surface area is 122 Å². The third kappa shape index (κ3) is 3.70. The van der Waals surface area contributed by atoms with Crippen LogP contribution in [-0.2, 0) is 19.1 Å². The van der Waals surface area contributed by atoms with Gasteiger partial charge in [0.05, 0.1) is 25.7 Å². The number of aliphatic carboxylic acids is 1. The van der Waals surface area contributed by atoms with Crippen molar-refractivity contribution in [2.75, 3.05) is 32.8 Å². The minimum absolute atomic E-state index is 0.0910. The van der Waals surface area contributed by atoms with Gasteiger partial charge in [0.15, 0.2) is 0 Å². The van der Waals surface area contributed by atoms with E-state index in [4.69, 9.17) is 15.6 Å².